The third-order valence-electron chi connectivity index (χ3n) is 7.71. The molecular formula is C27H42N4O4. The fourth-order valence-electron chi connectivity index (χ4n) is 5.45. The van der Waals surface area contributed by atoms with E-state index in [1.807, 2.05) is 42.2 Å². The van der Waals surface area contributed by atoms with Gasteiger partial charge >= 0.3 is 6.09 Å². The van der Waals surface area contributed by atoms with Gasteiger partial charge in [-0.3, -0.25) is 9.59 Å². The molecule has 1 aromatic rings. The van der Waals surface area contributed by atoms with Gasteiger partial charge in [0, 0.05) is 13.6 Å². The molecule has 2 fully saturated rings. The summed E-state index contributed by atoms with van der Waals surface area (Å²) in [4.78, 5) is 43.0. The lowest BCUT2D eigenvalue weighted by Crippen LogP contribution is -2.57. The Morgan fingerprint density at radius 3 is 2.43 bits per heavy atom. The zero-order chi connectivity index (χ0) is 25.4. The molecule has 35 heavy (non-hydrogen) atoms. The number of likely N-dealkylation sites (tertiary alicyclic amines) is 1. The minimum Gasteiger partial charge on any atom is -0.445 e. The maximum Gasteiger partial charge on any atom is 0.410 e. The Balaban J connectivity index is 1.69. The normalized spacial score (nSPS) is 22.3. The van der Waals surface area contributed by atoms with Crippen molar-refractivity contribution in [3.63, 3.8) is 0 Å². The number of rotatable bonds is 9. The molecular weight excluding hydrogens is 444 g/mol. The highest BCUT2D eigenvalue weighted by Crippen LogP contribution is 2.31. The molecule has 8 heteroatoms. The fourth-order valence-corrected chi connectivity index (χ4v) is 5.45. The second-order valence-corrected chi connectivity index (χ2v) is 9.91. The van der Waals surface area contributed by atoms with Crippen LogP contribution >= 0.6 is 0 Å². The van der Waals surface area contributed by atoms with E-state index in [0.29, 0.717) is 13.0 Å². The number of hydrogen-bond donors (Lipinski definition) is 2. The number of carbonyl (C=O) groups is 3. The highest BCUT2D eigenvalue weighted by Gasteiger charge is 2.44. The summed E-state index contributed by atoms with van der Waals surface area (Å²) in [6, 6.07) is 8.48. The Hall–Kier alpha value is -2.61. The minimum absolute atomic E-state index is 0.0195. The van der Waals surface area contributed by atoms with E-state index in [1.165, 1.54) is 6.42 Å². The van der Waals surface area contributed by atoms with Crippen LogP contribution in [-0.2, 0) is 20.9 Å². The number of carbonyl (C=O) groups excluding carboxylic acids is 3. The first-order chi connectivity index (χ1) is 16.9. The molecule has 1 saturated heterocycles. The molecule has 3 rings (SSSR count). The minimum atomic E-state index is -0.526. The molecule has 194 valence electrons. The summed E-state index contributed by atoms with van der Waals surface area (Å²) in [7, 11) is 3.50. The fraction of sp³-hybridized carbons (Fsp3) is 0.667. The van der Waals surface area contributed by atoms with Crippen molar-refractivity contribution >= 4 is 17.9 Å². The zero-order valence-corrected chi connectivity index (χ0v) is 21.7. The molecule has 1 aliphatic heterocycles. The summed E-state index contributed by atoms with van der Waals surface area (Å²) in [6.07, 6.45) is 6.28. The van der Waals surface area contributed by atoms with Gasteiger partial charge in [0.05, 0.1) is 18.1 Å². The molecule has 8 nitrogen and oxygen atoms in total. The topological polar surface area (TPSA) is 91.0 Å². The average molecular weight is 487 g/mol. The number of ether oxygens (including phenoxy) is 1. The Labute approximate surface area is 209 Å². The van der Waals surface area contributed by atoms with Crippen LogP contribution in [0.5, 0.6) is 0 Å². The van der Waals surface area contributed by atoms with Crippen molar-refractivity contribution in [2.75, 3.05) is 20.6 Å². The first-order valence-electron chi connectivity index (χ1n) is 13.1. The largest absolute Gasteiger partial charge is 0.445 e. The van der Waals surface area contributed by atoms with Crippen LogP contribution in [0.2, 0.25) is 0 Å². The lowest BCUT2D eigenvalue weighted by molar-refractivity contribution is -0.140. The van der Waals surface area contributed by atoms with Crippen molar-refractivity contribution in [3.8, 4) is 0 Å². The molecule has 2 N–H and O–H groups in total. The second kappa shape index (κ2) is 12.9. The Bertz CT molecular complexity index is 843. The van der Waals surface area contributed by atoms with Gasteiger partial charge in [0.15, 0.2) is 0 Å². The molecule has 1 heterocycles. The van der Waals surface area contributed by atoms with E-state index in [1.54, 1.807) is 25.9 Å². The average Bonchev–Trinajstić information content (AvgIpc) is 3.34. The lowest BCUT2D eigenvalue weighted by Gasteiger charge is -2.37. The first kappa shape index (κ1) is 27.0. The smallest absolute Gasteiger partial charge is 0.410 e. The van der Waals surface area contributed by atoms with Gasteiger partial charge in [-0.2, -0.15) is 0 Å². The summed E-state index contributed by atoms with van der Waals surface area (Å²) in [5.74, 6) is -0.0230. The second-order valence-electron chi connectivity index (χ2n) is 9.91. The van der Waals surface area contributed by atoms with Crippen molar-refractivity contribution in [2.24, 2.45) is 5.92 Å². The van der Waals surface area contributed by atoms with Gasteiger partial charge in [-0.15, -0.1) is 0 Å². The number of nitrogens with zero attached hydrogens (tertiary/aromatic N) is 2. The van der Waals surface area contributed by atoms with Crippen LogP contribution in [0.25, 0.3) is 0 Å². The first-order valence-corrected chi connectivity index (χ1v) is 13.1. The summed E-state index contributed by atoms with van der Waals surface area (Å²) in [6.45, 7) is 4.63. The third kappa shape index (κ3) is 6.75. The molecule has 1 aliphatic carbocycles. The van der Waals surface area contributed by atoms with Crippen LogP contribution < -0.4 is 10.6 Å². The van der Waals surface area contributed by atoms with Crippen molar-refractivity contribution in [1.29, 1.82) is 0 Å². The van der Waals surface area contributed by atoms with Crippen molar-refractivity contribution in [2.45, 2.75) is 89.6 Å². The Morgan fingerprint density at radius 1 is 1.11 bits per heavy atom. The van der Waals surface area contributed by atoms with E-state index in [2.05, 4.69) is 10.6 Å². The molecule has 1 saturated carbocycles. The lowest BCUT2D eigenvalue weighted by atomic mass is 9.83. The number of benzene rings is 1. The van der Waals surface area contributed by atoms with Crippen LogP contribution in [0, 0.1) is 5.92 Å². The number of hydrogen-bond acceptors (Lipinski definition) is 5. The van der Waals surface area contributed by atoms with Gasteiger partial charge in [0.2, 0.25) is 11.8 Å². The van der Waals surface area contributed by atoms with E-state index in [9.17, 15) is 14.4 Å². The third-order valence-corrected chi connectivity index (χ3v) is 7.71. The molecule has 0 unspecified atom stereocenters. The van der Waals surface area contributed by atoms with Gasteiger partial charge in [0.1, 0.15) is 12.6 Å². The van der Waals surface area contributed by atoms with Crippen molar-refractivity contribution < 1.29 is 19.1 Å². The predicted molar refractivity (Wildman–Crippen MR) is 136 cm³/mol. The molecule has 3 amide bonds. The summed E-state index contributed by atoms with van der Waals surface area (Å²) >= 11 is 0. The van der Waals surface area contributed by atoms with Crippen LogP contribution in [0.1, 0.15) is 64.4 Å². The standard InChI is InChI=1S/C27H42N4O4/c1-5-22-23(30(4)27(34)35-18-20-12-8-6-9-13-20)16-17-31(22)26(33)24(21-14-10-7-11-15-21)29-25(32)19(2)28-3/h6,8-9,12-13,19,21-24,28H,5,7,10-11,14-18H2,1-4H3,(H,29,32)/t19-,22+,23+,24-/m0/s1. The Morgan fingerprint density at radius 2 is 1.80 bits per heavy atom. The number of likely N-dealkylation sites (N-methyl/N-ethyl adjacent to an activating group) is 2. The summed E-state index contributed by atoms with van der Waals surface area (Å²) < 4.78 is 5.54. The zero-order valence-electron chi connectivity index (χ0n) is 21.7. The highest BCUT2D eigenvalue weighted by molar-refractivity contribution is 5.90. The van der Waals surface area contributed by atoms with Crippen LogP contribution in [-0.4, -0.2) is 72.5 Å². The van der Waals surface area contributed by atoms with Crippen LogP contribution in [0.15, 0.2) is 30.3 Å². The van der Waals surface area contributed by atoms with E-state index in [0.717, 1.165) is 37.7 Å². The van der Waals surface area contributed by atoms with Gasteiger partial charge in [0.25, 0.3) is 0 Å². The maximum atomic E-state index is 13.9. The van der Waals surface area contributed by atoms with E-state index < -0.39 is 6.04 Å². The number of nitrogens with one attached hydrogen (secondary N) is 2. The summed E-state index contributed by atoms with van der Waals surface area (Å²) in [5.41, 5.74) is 0.936. The summed E-state index contributed by atoms with van der Waals surface area (Å²) in [5, 5.41) is 6.03. The molecule has 0 spiro atoms. The van der Waals surface area contributed by atoms with E-state index >= 15 is 0 Å². The van der Waals surface area contributed by atoms with Gasteiger partial charge in [-0.1, -0.05) is 56.5 Å². The quantitative estimate of drug-likeness (QED) is 0.559. The monoisotopic (exact) mass is 486 g/mol. The molecule has 1 aromatic carbocycles. The van der Waals surface area contributed by atoms with Gasteiger partial charge in [-0.05, 0) is 51.1 Å². The van der Waals surface area contributed by atoms with E-state index in [-0.39, 0.29) is 48.6 Å². The highest BCUT2D eigenvalue weighted by atomic mass is 16.6. The van der Waals surface area contributed by atoms with Crippen LogP contribution in [0.3, 0.4) is 0 Å². The van der Waals surface area contributed by atoms with Gasteiger partial charge in [-0.25, -0.2) is 4.79 Å². The SMILES string of the molecule is CC[C@@H]1[C@H](N(C)C(=O)OCc2ccccc2)CCN1C(=O)[C@@H](NC(=O)[C@H](C)NC)C1CCCCC1. The molecule has 2 aliphatic rings. The maximum absolute atomic E-state index is 13.9. The van der Waals surface area contributed by atoms with Crippen LogP contribution in [0.4, 0.5) is 4.79 Å². The van der Waals surface area contributed by atoms with E-state index in [4.69, 9.17) is 4.74 Å². The van der Waals surface area contributed by atoms with Crippen molar-refractivity contribution in [1.82, 2.24) is 20.4 Å². The molecule has 0 radical (unpaired) electrons. The predicted octanol–water partition coefficient (Wildman–Crippen LogP) is 3.31. The number of amides is 3. The molecule has 4 atom stereocenters. The van der Waals surface area contributed by atoms with Crippen molar-refractivity contribution in [3.05, 3.63) is 35.9 Å². The van der Waals surface area contributed by atoms with Gasteiger partial charge < -0.3 is 25.2 Å². The molecule has 0 bridgehead atoms. The molecule has 0 aromatic heterocycles. The Kier molecular flexibility index (Phi) is 9.95.